The van der Waals surface area contributed by atoms with E-state index in [1.807, 2.05) is 11.8 Å². The van der Waals surface area contributed by atoms with Crippen LogP contribution in [0.2, 0.25) is 0 Å². The third-order valence-corrected chi connectivity index (χ3v) is 6.13. The Bertz CT molecular complexity index is 688. The highest BCUT2D eigenvalue weighted by atomic mass is 32.2. The fourth-order valence-corrected chi connectivity index (χ4v) is 4.35. The molecule has 1 saturated heterocycles. The van der Waals surface area contributed by atoms with Gasteiger partial charge in [0.05, 0.1) is 10.6 Å². The Hall–Kier alpha value is -1.73. The van der Waals surface area contributed by atoms with Crippen LogP contribution >= 0.6 is 0 Å². The normalized spacial score (nSPS) is 17.6. The number of ketones is 1. The number of amides is 1. The molecule has 1 heterocycles. The largest absolute Gasteiger partial charge is 0.368 e. The van der Waals surface area contributed by atoms with Crippen molar-refractivity contribution < 1.29 is 18.0 Å². The molecule has 0 saturated carbocycles. The van der Waals surface area contributed by atoms with Crippen molar-refractivity contribution in [3.05, 3.63) is 29.8 Å². The van der Waals surface area contributed by atoms with Crippen LogP contribution in [0, 0.1) is 0 Å². The van der Waals surface area contributed by atoms with Gasteiger partial charge in [-0.05, 0) is 24.1 Å². The lowest BCUT2D eigenvalue weighted by Gasteiger charge is -2.32. The molecule has 0 spiro atoms. The lowest BCUT2D eigenvalue weighted by atomic mass is 10.0. The molecular formula is C17H24N2O4S. The van der Waals surface area contributed by atoms with Gasteiger partial charge in [-0.3, -0.25) is 14.5 Å². The van der Waals surface area contributed by atoms with E-state index in [0.717, 1.165) is 6.42 Å². The van der Waals surface area contributed by atoms with Crippen LogP contribution in [0.25, 0.3) is 0 Å². The maximum Gasteiger partial charge on any atom is 0.239 e. The van der Waals surface area contributed by atoms with Crippen LogP contribution in [-0.2, 0) is 19.4 Å². The van der Waals surface area contributed by atoms with E-state index in [0.29, 0.717) is 37.9 Å². The molecule has 1 aliphatic heterocycles. The SMILES string of the molecule is CCCCS(=O)(=O)c1ccc(C(C(N)=O)N2CCC(=O)CC2)cc1. The fourth-order valence-electron chi connectivity index (χ4n) is 2.90. The zero-order valence-electron chi connectivity index (χ0n) is 13.9. The highest BCUT2D eigenvalue weighted by Gasteiger charge is 2.29. The van der Waals surface area contributed by atoms with E-state index in [9.17, 15) is 18.0 Å². The average molecular weight is 352 g/mol. The molecule has 132 valence electrons. The van der Waals surface area contributed by atoms with Crippen LogP contribution in [0.4, 0.5) is 0 Å². The first-order valence-corrected chi connectivity index (χ1v) is 9.88. The summed E-state index contributed by atoms with van der Waals surface area (Å²) in [6.45, 7) is 2.92. The molecule has 1 aromatic rings. The summed E-state index contributed by atoms with van der Waals surface area (Å²) in [5, 5.41) is 0. The first-order valence-electron chi connectivity index (χ1n) is 8.23. The van der Waals surface area contributed by atoms with Gasteiger partial charge in [0.2, 0.25) is 5.91 Å². The summed E-state index contributed by atoms with van der Waals surface area (Å²) in [4.78, 5) is 25.4. The number of rotatable bonds is 7. The monoisotopic (exact) mass is 352 g/mol. The van der Waals surface area contributed by atoms with Gasteiger partial charge >= 0.3 is 0 Å². The number of benzene rings is 1. The molecule has 1 aliphatic rings. The molecule has 2 N–H and O–H groups in total. The molecule has 0 bridgehead atoms. The lowest BCUT2D eigenvalue weighted by molar-refractivity contribution is -0.128. The summed E-state index contributed by atoms with van der Waals surface area (Å²) in [5.74, 6) is -0.186. The number of likely N-dealkylation sites (tertiary alicyclic amines) is 1. The van der Waals surface area contributed by atoms with Gasteiger partial charge in [0.15, 0.2) is 9.84 Å². The third kappa shape index (κ3) is 4.42. The molecule has 2 rings (SSSR count). The van der Waals surface area contributed by atoms with Crippen LogP contribution in [-0.4, -0.2) is 43.9 Å². The van der Waals surface area contributed by atoms with E-state index in [1.165, 1.54) is 12.1 Å². The van der Waals surface area contributed by atoms with Crippen LogP contribution in [0.3, 0.4) is 0 Å². The minimum Gasteiger partial charge on any atom is -0.368 e. The van der Waals surface area contributed by atoms with Crippen molar-refractivity contribution >= 4 is 21.5 Å². The molecule has 7 heteroatoms. The number of sulfone groups is 1. The predicted octanol–water partition coefficient (Wildman–Crippen LogP) is 1.45. The number of hydrogen-bond acceptors (Lipinski definition) is 5. The van der Waals surface area contributed by atoms with E-state index in [4.69, 9.17) is 5.73 Å². The maximum atomic E-state index is 12.2. The first-order chi connectivity index (χ1) is 11.3. The smallest absolute Gasteiger partial charge is 0.239 e. The van der Waals surface area contributed by atoms with Gasteiger partial charge in [0, 0.05) is 25.9 Å². The van der Waals surface area contributed by atoms with Gasteiger partial charge in [-0.2, -0.15) is 0 Å². The Balaban J connectivity index is 2.20. The number of primary amides is 1. The second-order valence-corrected chi connectivity index (χ2v) is 8.23. The molecule has 1 fully saturated rings. The van der Waals surface area contributed by atoms with Crippen molar-refractivity contribution in [2.75, 3.05) is 18.8 Å². The Morgan fingerprint density at radius 2 is 1.79 bits per heavy atom. The summed E-state index contributed by atoms with van der Waals surface area (Å²) < 4.78 is 24.4. The Kier molecular flexibility index (Phi) is 6.12. The van der Waals surface area contributed by atoms with Crippen molar-refractivity contribution in [2.45, 2.75) is 43.5 Å². The summed E-state index contributed by atoms with van der Waals surface area (Å²) in [6.07, 6.45) is 2.26. The number of carbonyl (C=O) groups is 2. The number of nitrogens with two attached hydrogens (primary N) is 1. The van der Waals surface area contributed by atoms with E-state index in [1.54, 1.807) is 12.1 Å². The summed E-state index contributed by atoms with van der Waals surface area (Å²) in [5.41, 5.74) is 6.20. The van der Waals surface area contributed by atoms with Crippen LogP contribution < -0.4 is 5.73 Å². The number of carbonyl (C=O) groups excluding carboxylic acids is 2. The number of unbranched alkanes of at least 4 members (excludes halogenated alkanes) is 1. The number of Topliss-reactive ketones (excluding diaryl/α,β-unsaturated/α-hetero) is 1. The van der Waals surface area contributed by atoms with Crippen LogP contribution in [0.15, 0.2) is 29.2 Å². The summed E-state index contributed by atoms with van der Waals surface area (Å²) >= 11 is 0. The quantitative estimate of drug-likeness (QED) is 0.801. The molecular weight excluding hydrogens is 328 g/mol. The Morgan fingerprint density at radius 3 is 2.29 bits per heavy atom. The van der Waals surface area contributed by atoms with E-state index in [-0.39, 0.29) is 16.4 Å². The lowest BCUT2D eigenvalue weighted by Crippen LogP contribution is -2.42. The van der Waals surface area contributed by atoms with E-state index >= 15 is 0 Å². The first kappa shape index (κ1) is 18.6. The minimum absolute atomic E-state index is 0.121. The highest BCUT2D eigenvalue weighted by molar-refractivity contribution is 7.91. The van der Waals surface area contributed by atoms with Crippen LogP contribution in [0.5, 0.6) is 0 Å². The van der Waals surface area contributed by atoms with Gasteiger partial charge in [-0.1, -0.05) is 25.5 Å². The average Bonchev–Trinajstić information content (AvgIpc) is 2.55. The van der Waals surface area contributed by atoms with Crippen molar-refractivity contribution in [3.8, 4) is 0 Å². The Morgan fingerprint density at radius 1 is 1.21 bits per heavy atom. The van der Waals surface area contributed by atoms with Crippen molar-refractivity contribution in [1.29, 1.82) is 0 Å². The molecule has 24 heavy (non-hydrogen) atoms. The van der Waals surface area contributed by atoms with Crippen molar-refractivity contribution in [2.24, 2.45) is 5.73 Å². The summed E-state index contributed by atoms with van der Waals surface area (Å²) in [7, 11) is -3.29. The zero-order valence-corrected chi connectivity index (χ0v) is 14.7. The number of piperidine rings is 1. The second kappa shape index (κ2) is 7.90. The standard InChI is InChI=1S/C17H24N2O4S/c1-2-3-12-24(22,23)15-6-4-13(5-7-15)16(17(18)21)19-10-8-14(20)9-11-19/h4-7,16H,2-3,8-12H2,1H3,(H2,18,21). The van der Waals surface area contributed by atoms with Gasteiger partial charge in [0.25, 0.3) is 0 Å². The van der Waals surface area contributed by atoms with Gasteiger partial charge in [0.1, 0.15) is 11.8 Å². The molecule has 0 aliphatic carbocycles. The molecule has 1 unspecified atom stereocenters. The van der Waals surface area contributed by atoms with Crippen molar-refractivity contribution in [1.82, 2.24) is 4.90 Å². The van der Waals surface area contributed by atoms with Gasteiger partial charge < -0.3 is 5.73 Å². The van der Waals surface area contributed by atoms with Crippen LogP contribution in [0.1, 0.15) is 44.2 Å². The third-order valence-electron chi connectivity index (χ3n) is 4.31. The maximum absolute atomic E-state index is 12.2. The summed E-state index contributed by atoms with van der Waals surface area (Å²) in [6, 6.07) is 5.72. The van der Waals surface area contributed by atoms with E-state index < -0.39 is 21.8 Å². The highest BCUT2D eigenvalue weighted by Crippen LogP contribution is 2.25. The van der Waals surface area contributed by atoms with Gasteiger partial charge in [-0.15, -0.1) is 0 Å². The molecule has 0 aromatic heterocycles. The number of nitrogens with zero attached hydrogens (tertiary/aromatic N) is 1. The molecule has 0 radical (unpaired) electrons. The van der Waals surface area contributed by atoms with E-state index in [2.05, 4.69) is 0 Å². The minimum atomic E-state index is -3.29. The Labute approximate surface area is 142 Å². The zero-order chi connectivity index (χ0) is 17.7. The number of hydrogen-bond donors (Lipinski definition) is 1. The second-order valence-electron chi connectivity index (χ2n) is 6.12. The fraction of sp³-hybridized carbons (Fsp3) is 0.529. The molecule has 1 aromatic carbocycles. The van der Waals surface area contributed by atoms with Crippen molar-refractivity contribution in [3.63, 3.8) is 0 Å². The molecule has 1 atom stereocenters. The predicted molar refractivity (Wildman–Crippen MR) is 91.2 cm³/mol. The topological polar surface area (TPSA) is 97.5 Å². The van der Waals surface area contributed by atoms with Gasteiger partial charge in [-0.25, -0.2) is 8.42 Å². The molecule has 1 amide bonds. The molecule has 6 nitrogen and oxygen atoms in total.